The van der Waals surface area contributed by atoms with Crippen molar-refractivity contribution in [3.63, 3.8) is 0 Å². The summed E-state index contributed by atoms with van der Waals surface area (Å²) in [7, 11) is 0. The Bertz CT molecular complexity index is 1310. The van der Waals surface area contributed by atoms with E-state index in [1.165, 1.54) is 16.8 Å². The minimum Gasteiger partial charge on any atom is -0.368 e. The summed E-state index contributed by atoms with van der Waals surface area (Å²) in [6.45, 7) is 7.26. The maximum atomic E-state index is 13.0. The third-order valence-electron chi connectivity index (χ3n) is 6.86. The Hall–Kier alpha value is -3.26. The molecule has 0 bridgehead atoms. The first kappa shape index (κ1) is 21.6. The third-order valence-corrected chi connectivity index (χ3v) is 7.15. The average molecular weight is 462 g/mol. The van der Waals surface area contributed by atoms with E-state index in [-0.39, 0.29) is 11.8 Å². The number of rotatable bonds is 4. The first-order chi connectivity index (χ1) is 15.9. The molecule has 2 aromatic carbocycles. The SMILES string of the molecule is Cc1cccc(N2CCN(C(=O)CCC3C(=O)Nc4c5ccccc5nc(=S)n43)CC2)c1C. The minimum absolute atomic E-state index is 0.0807. The Labute approximate surface area is 198 Å². The van der Waals surface area contributed by atoms with Gasteiger partial charge in [0.1, 0.15) is 11.9 Å². The fraction of sp³-hybridized carbons (Fsp3) is 0.360. The third kappa shape index (κ3) is 3.88. The Morgan fingerprint density at radius 1 is 1.09 bits per heavy atom. The van der Waals surface area contributed by atoms with Crippen LogP contribution < -0.4 is 10.2 Å². The van der Waals surface area contributed by atoms with Crippen LogP contribution in [0, 0.1) is 18.6 Å². The van der Waals surface area contributed by atoms with Gasteiger partial charge in [-0.15, -0.1) is 0 Å². The lowest BCUT2D eigenvalue weighted by Gasteiger charge is -2.37. The molecule has 1 atom stereocenters. The number of para-hydroxylation sites is 1. The van der Waals surface area contributed by atoms with Gasteiger partial charge in [0, 0.05) is 43.7 Å². The summed E-state index contributed by atoms with van der Waals surface area (Å²) < 4.78 is 2.13. The summed E-state index contributed by atoms with van der Waals surface area (Å²) in [4.78, 5) is 34.4. The van der Waals surface area contributed by atoms with Crippen LogP contribution in [0.25, 0.3) is 10.9 Å². The summed E-state index contributed by atoms with van der Waals surface area (Å²) >= 11 is 5.48. The zero-order valence-electron chi connectivity index (χ0n) is 18.9. The summed E-state index contributed by atoms with van der Waals surface area (Å²) in [5, 5.41) is 3.81. The molecule has 2 amide bonds. The van der Waals surface area contributed by atoms with Crippen LogP contribution in [0.2, 0.25) is 0 Å². The predicted octanol–water partition coefficient (Wildman–Crippen LogP) is 4.00. The number of hydrogen-bond acceptors (Lipinski definition) is 5. The van der Waals surface area contributed by atoms with Gasteiger partial charge in [-0.2, -0.15) is 0 Å². The number of piperazine rings is 1. The van der Waals surface area contributed by atoms with E-state index in [1.54, 1.807) is 4.57 Å². The molecule has 0 aliphatic carbocycles. The molecular weight excluding hydrogens is 434 g/mol. The Morgan fingerprint density at radius 2 is 1.85 bits per heavy atom. The van der Waals surface area contributed by atoms with E-state index in [0.717, 1.165) is 24.0 Å². The van der Waals surface area contributed by atoms with Crippen LogP contribution in [0.5, 0.6) is 0 Å². The fourth-order valence-corrected chi connectivity index (χ4v) is 5.16. The normalized spacial score (nSPS) is 17.9. The molecule has 2 aliphatic heterocycles. The maximum absolute atomic E-state index is 13.0. The lowest BCUT2D eigenvalue weighted by Crippen LogP contribution is -2.49. The zero-order chi connectivity index (χ0) is 23.1. The second-order valence-corrected chi connectivity index (χ2v) is 9.13. The number of amides is 2. The van der Waals surface area contributed by atoms with Crippen LogP contribution in [-0.4, -0.2) is 52.4 Å². The minimum atomic E-state index is -0.509. The number of fused-ring (bicyclic) bond motifs is 3. The highest BCUT2D eigenvalue weighted by molar-refractivity contribution is 7.71. The Morgan fingerprint density at radius 3 is 2.64 bits per heavy atom. The van der Waals surface area contributed by atoms with Crippen LogP contribution in [-0.2, 0) is 9.59 Å². The second-order valence-electron chi connectivity index (χ2n) is 8.76. The first-order valence-electron chi connectivity index (χ1n) is 11.3. The van der Waals surface area contributed by atoms with Gasteiger partial charge in [-0.1, -0.05) is 24.3 Å². The molecule has 0 radical (unpaired) electrons. The van der Waals surface area contributed by atoms with E-state index in [0.29, 0.717) is 36.5 Å². The van der Waals surface area contributed by atoms with Crippen molar-refractivity contribution in [2.75, 3.05) is 36.4 Å². The topological polar surface area (TPSA) is 70.5 Å². The molecule has 0 saturated carbocycles. The molecule has 33 heavy (non-hydrogen) atoms. The molecule has 2 aliphatic rings. The van der Waals surface area contributed by atoms with Gasteiger partial charge >= 0.3 is 0 Å². The van der Waals surface area contributed by atoms with E-state index in [9.17, 15) is 9.59 Å². The summed E-state index contributed by atoms with van der Waals surface area (Å²) in [6.07, 6.45) is 0.707. The molecule has 5 rings (SSSR count). The molecule has 7 nitrogen and oxygen atoms in total. The maximum Gasteiger partial charge on any atom is 0.248 e. The number of benzene rings is 2. The van der Waals surface area contributed by atoms with E-state index in [4.69, 9.17) is 12.2 Å². The molecule has 170 valence electrons. The Balaban J connectivity index is 1.25. The molecule has 3 aromatic rings. The lowest BCUT2D eigenvalue weighted by atomic mass is 10.1. The molecule has 8 heteroatoms. The molecule has 1 aromatic heterocycles. The van der Waals surface area contributed by atoms with Crippen molar-refractivity contribution in [2.45, 2.75) is 32.7 Å². The largest absolute Gasteiger partial charge is 0.368 e. The quantitative estimate of drug-likeness (QED) is 0.595. The van der Waals surface area contributed by atoms with Crippen LogP contribution in [0.4, 0.5) is 11.5 Å². The van der Waals surface area contributed by atoms with Crippen molar-refractivity contribution in [3.8, 4) is 0 Å². The average Bonchev–Trinajstić information content (AvgIpc) is 3.16. The zero-order valence-corrected chi connectivity index (χ0v) is 19.7. The van der Waals surface area contributed by atoms with Gasteiger partial charge in [0.15, 0.2) is 0 Å². The number of carbonyl (C=O) groups is 2. The second kappa shape index (κ2) is 8.59. The van der Waals surface area contributed by atoms with Crippen LogP contribution >= 0.6 is 12.2 Å². The molecule has 3 heterocycles. The van der Waals surface area contributed by atoms with Crippen molar-refractivity contribution < 1.29 is 9.59 Å². The van der Waals surface area contributed by atoms with E-state index < -0.39 is 6.04 Å². The Kier molecular flexibility index (Phi) is 5.62. The van der Waals surface area contributed by atoms with E-state index in [1.807, 2.05) is 29.2 Å². The number of nitrogens with zero attached hydrogens (tertiary/aromatic N) is 4. The van der Waals surface area contributed by atoms with Crippen LogP contribution in [0.1, 0.15) is 30.0 Å². The molecule has 1 saturated heterocycles. The van der Waals surface area contributed by atoms with Gasteiger partial charge in [-0.05, 0) is 61.8 Å². The van der Waals surface area contributed by atoms with Crippen molar-refractivity contribution >= 4 is 46.4 Å². The number of anilines is 2. The monoisotopic (exact) mass is 461 g/mol. The van der Waals surface area contributed by atoms with Crippen molar-refractivity contribution in [1.29, 1.82) is 0 Å². The lowest BCUT2D eigenvalue weighted by molar-refractivity contribution is -0.131. The molecule has 1 N–H and O–H groups in total. The van der Waals surface area contributed by atoms with Crippen LogP contribution in [0.3, 0.4) is 0 Å². The van der Waals surface area contributed by atoms with Gasteiger partial charge in [-0.3, -0.25) is 14.2 Å². The van der Waals surface area contributed by atoms with Crippen molar-refractivity contribution in [3.05, 3.63) is 58.4 Å². The van der Waals surface area contributed by atoms with E-state index in [2.05, 4.69) is 47.2 Å². The highest BCUT2D eigenvalue weighted by Crippen LogP contribution is 2.33. The summed E-state index contributed by atoms with van der Waals surface area (Å²) in [6, 6.07) is 13.5. The number of carbonyl (C=O) groups excluding carboxylic acids is 2. The number of aromatic nitrogens is 2. The smallest absolute Gasteiger partial charge is 0.248 e. The van der Waals surface area contributed by atoms with Crippen molar-refractivity contribution in [1.82, 2.24) is 14.5 Å². The predicted molar refractivity (Wildman–Crippen MR) is 132 cm³/mol. The van der Waals surface area contributed by atoms with Gasteiger partial charge in [0.2, 0.25) is 16.6 Å². The highest BCUT2D eigenvalue weighted by atomic mass is 32.1. The molecular formula is C25H27N5O2S. The first-order valence-corrected chi connectivity index (χ1v) is 11.8. The van der Waals surface area contributed by atoms with Gasteiger partial charge in [-0.25, -0.2) is 4.98 Å². The van der Waals surface area contributed by atoms with Gasteiger partial charge in [0.25, 0.3) is 0 Å². The number of hydrogen-bond donors (Lipinski definition) is 1. The van der Waals surface area contributed by atoms with E-state index >= 15 is 0 Å². The highest BCUT2D eigenvalue weighted by Gasteiger charge is 2.33. The fourth-order valence-electron chi connectivity index (χ4n) is 4.84. The van der Waals surface area contributed by atoms with Crippen LogP contribution in [0.15, 0.2) is 42.5 Å². The molecule has 1 fully saturated rings. The van der Waals surface area contributed by atoms with Crippen molar-refractivity contribution in [2.24, 2.45) is 0 Å². The summed E-state index contributed by atoms with van der Waals surface area (Å²) in [5.41, 5.74) is 4.57. The standard InChI is InChI=1S/C25H27N5O2S/c1-16-6-5-9-20(17(16)2)28-12-14-29(15-13-28)22(31)11-10-21-24(32)27-23-18-7-3-4-8-19(18)26-25(33)30(21)23/h3-9,21H,10-15H2,1-2H3,(H,27,32). The molecule has 0 spiro atoms. The van der Waals surface area contributed by atoms with Gasteiger partial charge in [0.05, 0.1) is 5.52 Å². The summed E-state index contributed by atoms with van der Waals surface area (Å²) in [5.74, 6) is 0.624. The number of nitrogens with one attached hydrogen (secondary N) is 1. The van der Waals surface area contributed by atoms with Gasteiger partial charge < -0.3 is 15.1 Å². The molecule has 1 unspecified atom stereocenters. The number of aryl methyl sites for hydroxylation is 1.